The standard InChI is InChI=1S/C49H97NO5/c1-4-7-10-13-16-19-22-24-25-27-30-33-36-39-42-49(54)55-45(40-37-34-31-28-26-23-20-17-14-11-8-5-2)43-48(53)50-46(44-51)47(52)41-38-35-32-29-21-18-15-12-9-6-3/h45-47,51-52H,4-44H2,1-3H3,(H,50,53). The molecule has 0 rings (SSSR count). The highest BCUT2D eigenvalue weighted by atomic mass is 16.5. The molecule has 0 saturated carbocycles. The molecule has 3 atom stereocenters. The zero-order valence-corrected chi connectivity index (χ0v) is 37.3. The largest absolute Gasteiger partial charge is 0.462 e. The third-order valence-corrected chi connectivity index (χ3v) is 11.7. The molecule has 0 aromatic heterocycles. The van der Waals surface area contributed by atoms with E-state index in [0.717, 1.165) is 38.5 Å². The fourth-order valence-corrected chi connectivity index (χ4v) is 7.90. The zero-order chi connectivity index (χ0) is 40.3. The van der Waals surface area contributed by atoms with Gasteiger partial charge >= 0.3 is 5.97 Å². The third kappa shape index (κ3) is 39.5. The lowest BCUT2D eigenvalue weighted by Gasteiger charge is -2.24. The molecular weight excluding hydrogens is 683 g/mol. The van der Waals surface area contributed by atoms with Crippen molar-refractivity contribution in [3.63, 3.8) is 0 Å². The maximum Gasteiger partial charge on any atom is 0.306 e. The number of ether oxygens (including phenoxy) is 1. The monoisotopic (exact) mass is 780 g/mol. The minimum atomic E-state index is -0.777. The predicted molar refractivity (Wildman–Crippen MR) is 237 cm³/mol. The highest BCUT2D eigenvalue weighted by Gasteiger charge is 2.24. The van der Waals surface area contributed by atoms with Crippen molar-refractivity contribution in [2.45, 2.75) is 296 Å². The first kappa shape index (κ1) is 53.9. The molecule has 3 unspecified atom stereocenters. The van der Waals surface area contributed by atoms with E-state index in [1.807, 2.05) is 0 Å². The summed E-state index contributed by atoms with van der Waals surface area (Å²) in [6, 6.07) is -0.690. The first-order valence-corrected chi connectivity index (χ1v) is 24.8. The van der Waals surface area contributed by atoms with Gasteiger partial charge in [0.25, 0.3) is 0 Å². The third-order valence-electron chi connectivity index (χ3n) is 11.7. The van der Waals surface area contributed by atoms with E-state index in [0.29, 0.717) is 19.3 Å². The van der Waals surface area contributed by atoms with Crippen molar-refractivity contribution in [3.05, 3.63) is 0 Å². The molecule has 328 valence electrons. The van der Waals surface area contributed by atoms with Crippen LogP contribution in [0.5, 0.6) is 0 Å². The van der Waals surface area contributed by atoms with E-state index in [9.17, 15) is 19.8 Å². The van der Waals surface area contributed by atoms with Crippen molar-refractivity contribution < 1.29 is 24.5 Å². The first-order valence-electron chi connectivity index (χ1n) is 24.8. The van der Waals surface area contributed by atoms with Crippen molar-refractivity contribution in [1.82, 2.24) is 5.32 Å². The fourth-order valence-electron chi connectivity index (χ4n) is 7.90. The van der Waals surface area contributed by atoms with E-state index >= 15 is 0 Å². The summed E-state index contributed by atoms with van der Waals surface area (Å²) >= 11 is 0. The van der Waals surface area contributed by atoms with E-state index in [1.165, 1.54) is 193 Å². The van der Waals surface area contributed by atoms with Gasteiger partial charge in [-0.25, -0.2) is 0 Å². The first-order chi connectivity index (χ1) is 27.0. The van der Waals surface area contributed by atoms with Gasteiger partial charge in [-0.2, -0.15) is 0 Å². The summed E-state index contributed by atoms with van der Waals surface area (Å²) in [5.41, 5.74) is 0. The summed E-state index contributed by atoms with van der Waals surface area (Å²) in [6.45, 7) is 6.49. The molecule has 0 fully saturated rings. The second-order valence-corrected chi connectivity index (χ2v) is 17.2. The van der Waals surface area contributed by atoms with Gasteiger partial charge in [-0.05, 0) is 25.7 Å². The number of nitrogens with one attached hydrogen (secondary N) is 1. The number of aliphatic hydroxyl groups is 2. The summed E-state index contributed by atoms with van der Waals surface area (Å²) in [6.07, 6.45) is 45.9. The molecule has 6 nitrogen and oxygen atoms in total. The number of aliphatic hydroxyl groups excluding tert-OH is 2. The lowest BCUT2D eigenvalue weighted by atomic mass is 10.0. The molecule has 3 N–H and O–H groups in total. The van der Waals surface area contributed by atoms with Gasteiger partial charge in [0.2, 0.25) is 5.91 Å². The normalized spacial score (nSPS) is 13.2. The molecule has 0 saturated heterocycles. The Hall–Kier alpha value is -1.14. The van der Waals surface area contributed by atoms with Crippen LogP contribution >= 0.6 is 0 Å². The topological polar surface area (TPSA) is 95.9 Å². The van der Waals surface area contributed by atoms with E-state index in [2.05, 4.69) is 26.1 Å². The van der Waals surface area contributed by atoms with Gasteiger partial charge in [0.05, 0.1) is 25.2 Å². The predicted octanol–water partition coefficient (Wildman–Crippen LogP) is 14.4. The smallest absolute Gasteiger partial charge is 0.306 e. The molecular formula is C49H97NO5. The van der Waals surface area contributed by atoms with Crippen molar-refractivity contribution in [2.24, 2.45) is 0 Å². The molecule has 0 aliphatic heterocycles. The van der Waals surface area contributed by atoms with Crippen molar-refractivity contribution in [1.29, 1.82) is 0 Å². The van der Waals surface area contributed by atoms with Crippen LogP contribution in [-0.4, -0.2) is 46.9 Å². The van der Waals surface area contributed by atoms with Crippen LogP contribution in [-0.2, 0) is 14.3 Å². The maximum absolute atomic E-state index is 13.1. The van der Waals surface area contributed by atoms with Crippen LogP contribution in [0.3, 0.4) is 0 Å². The number of carbonyl (C=O) groups is 2. The van der Waals surface area contributed by atoms with Crippen LogP contribution in [0.1, 0.15) is 278 Å². The van der Waals surface area contributed by atoms with Crippen LogP contribution in [0.15, 0.2) is 0 Å². The van der Waals surface area contributed by atoms with E-state index < -0.39 is 18.2 Å². The Morgan fingerprint density at radius 1 is 0.455 bits per heavy atom. The Morgan fingerprint density at radius 3 is 1.11 bits per heavy atom. The van der Waals surface area contributed by atoms with Gasteiger partial charge in [0, 0.05) is 6.42 Å². The Kier molecular flexibility index (Phi) is 43.1. The molecule has 0 aromatic carbocycles. The average molecular weight is 780 g/mol. The lowest BCUT2D eigenvalue weighted by molar-refractivity contribution is -0.151. The summed E-state index contributed by atoms with van der Waals surface area (Å²) in [4.78, 5) is 26.0. The highest BCUT2D eigenvalue weighted by Crippen LogP contribution is 2.18. The molecule has 0 aliphatic carbocycles. The summed E-state index contributed by atoms with van der Waals surface area (Å²) < 4.78 is 5.92. The number of hydrogen-bond acceptors (Lipinski definition) is 5. The molecule has 0 spiro atoms. The van der Waals surface area contributed by atoms with Crippen LogP contribution in [0.4, 0.5) is 0 Å². The number of hydrogen-bond donors (Lipinski definition) is 3. The number of rotatable bonds is 45. The second kappa shape index (κ2) is 44.0. The number of amides is 1. The molecule has 1 amide bonds. The van der Waals surface area contributed by atoms with Gasteiger partial charge in [0.15, 0.2) is 0 Å². The average Bonchev–Trinajstić information content (AvgIpc) is 3.18. The minimum Gasteiger partial charge on any atom is -0.462 e. The Labute approximate surface area is 343 Å². The second-order valence-electron chi connectivity index (χ2n) is 17.2. The SMILES string of the molecule is CCCCCCCCCCCCCCCCC(=O)OC(CCCCCCCCCCCCCC)CC(=O)NC(CO)C(O)CCCCCCCCCCCC. The minimum absolute atomic E-state index is 0.0873. The van der Waals surface area contributed by atoms with Crippen molar-refractivity contribution in [3.8, 4) is 0 Å². The van der Waals surface area contributed by atoms with E-state index in [1.54, 1.807) is 0 Å². The molecule has 0 aromatic rings. The summed E-state index contributed by atoms with van der Waals surface area (Å²) in [5.74, 6) is -0.454. The van der Waals surface area contributed by atoms with Gasteiger partial charge in [0.1, 0.15) is 6.10 Å². The van der Waals surface area contributed by atoms with E-state index in [-0.39, 0.29) is 24.9 Å². The van der Waals surface area contributed by atoms with Gasteiger partial charge < -0.3 is 20.3 Å². The van der Waals surface area contributed by atoms with Gasteiger partial charge in [-0.1, -0.05) is 239 Å². The Bertz CT molecular complexity index is 791. The molecule has 0 radical (unpaired) electrons. The molecule has 0 bridgehead atoms. The molecule has 6 heteroatoms. The number of unbranched alkanes of at least 4 members (excludes halogenated alkanes) is 33. The molecule has 0 aliphatic rings. The van der Waals surface area contributed by atoms with Crippen LogP contribution < -0.4 is 5.32 Å². The highest BCUT2D eigenvalue weighted by molar-refractivity contribution is 5.77. The summed E-state index contributed by atoms with van der Waals surface area (Å²) in [5, 5.41) is 23.7. The Morgan fingerprint density at radius 2 is 0.764 bits per heavy atom. The van der Waals surface area contributed by atoms with Gasteiger partial charge in [-0.15, -0.1) is 0 Å². The zero-order valence-electron chi connectivity index (χ0n) is 37.3. The van der Waals surface area contributed by atoms with Gasteiger partial charge in [-0.3, -0.25) is 9.59 Å². The van der Waals surface area contributed by atoms with Crippen molar-refractivity contribution >= 4 is 11.9 Å². The van der Waals surface area contributed by atoms with Crippen LogP contribution in [0.2, 0.25) is 0 Å². The van der Waals surface area contributed by atoms with E-state index in [4.69, 9.17) is 4.74 Å². The fraction of sp³-hybridized carbons (Fsp3) is 0.959. The van der Waals surface area contributed by atoms with Crippen molar-refractivity contribution in [2.75, 3.05) is 6.61 Å². The molecule has 0 heterocycles. The maximum atomic E-state index is 13.1. The molecule has 55 heavy (non-hydrogen) atoms. The summed E-state index contributed by atoms with van der Waals surface area (Å²) in [7, 11) is 0. The Balaban J connectivity index is 4.52. The van der Waals surface area contributed by atoms with Crippen LogP contribution in [0.25, 0.3) is 0 Å². The number of esters is 1. The number of carbonyl (C=O) groups excluding carboxylic acids is 2. The quantitative estimate of drug-likeness (QED) is 0.0422. The lowest BCUT2D eigenvalue weighted by Crippen LogP contribution is -2.46. The van der Waals surface area contributed by atoms with Crippen LogP contribution in [0, 0.1) is 0 Å².